The Balaban J connectivity index is 2.46. The molecule has 0 spiro atoms. The van der Waals surface area contributed by atoms with Gasteiger partial charge in [0, 0.05) is 12.0 Å². The first kappa shape index (κ1) is 29.7. The minimum absolute atomic E-state index is 0.0290. The van der Waals surface area contributed by atoms with Crippen LogP contribution in [0, 0.1) is 0 Å². The number of carbonyl (C=O) groups is 1. The van der Waals surface area contributed by atoms with Gasteiger partial charge in [0.25, 0.3) is 0 Å². The fraction of sp³-hybridized carbons (Fsp3) is 0.750. The van der Waals surface area contributed by atoms with Gasteiger partial charge in [0.05, 0.1) is 7.11 Å². The summed E-state index contributed by atoms with van der Waals surface area (Å²) in [6, 6.07) is 6.02. The molecule has 0 N–H and O–H groups in total. The van der Waals surface area contributed by atoms with Crippen molar-refractivity contribution in [3.05, 3.63) is 29.3 Å². The normalized spacial score (nSPS) is 12.7. The van der Waals surface area contributed by atoms with Crippen LogP contribution in [-0.4, -0.2) is 22.1 Å². The van der Waals surface area contributed by atoms with Crippen LogP contribution in [0.15, 0.2) is 18.2 Å². The van der Waals surface area contributed by atoms with Crippen LogP contribution in [0.4, 0.5) is 0 Å². The van der Waals surface area contributed by atoms with Crippen molar-refractivity contribution in [1.82, 2.24) is 0 Å². The Hall–Kier alpha value is -1.33. The molecular weight excluding hydrogens is 428 g/mol. The minimum atomic E-state index is -1.41. The van der Waals surface area contributed by atoms with Gasteiger partial charge in [0.1, 0.15) is 5.75 Å². The second-order valence-corrected chi connectivity index (χ2v) is 12.9. The number of benzene rings is 1. The lowest BCUT2D eigenvalue weighted by Gasteiger charge is -2.25. The van der Waals surface area contributed by atoms with Crippen LogP contribution in [-0.2, 0) is 19.4 Å². The molecule has 0 amide bonds. The van der Waals surface area contributed by atoms with Crippen LogP contribution in [0.2, 0.25) is 13.1 Å². The van der Waals surface area contributed by atoms with Crippen LogP contribution in [0.3, 0.4) is 0 Å². The molecule has 0 radical (unpaired) electrons. The number of ether oxygens (including phenoxy) is 2. The van der Waals surface area contributed by atoms with Gasteiger partial charge in [-0.2, -0.15) is 0 Å². The average molecular weight is 479 g/mol. The number of methoxy groups -OCH3 is 1. The molecule has 0 fully saturated rings. The van der Waals surface area contributed by atoms with Gasteiger partial charge in [-0.25, -0.2) is 0 Å². The second kappa shape index (κ2) is 16.3. The van der Waals surface area contributed by atoms with Crippen molar-refractivity contribution in [3.8, 4) is 5.75 Å². The number of hydrogen-bond acceptors (Lipinski definition) is 4. The fourth-order valence-electron chi connectivity index (χ4n) is 4.01. The maximum atomic E-state index is 12.5. The Bertz CT molecular complexity index is 666. The Kier molecular flexibility index (Phi) is 14.7. The summed E-state index contributed by atoms with van der Waals surface area (Å²) in [5.41, 5.74) is 1.94. The van der Waals surface area contributed by atoms with Gasteiger partial charge in [-0.3, -0.25) is 4.79 Å². The monoisotopic (exact) mass is 478 g/mol. The molecule has 0 heterocycles. The molecule has 0 bridgehead atoms. The van der Waals surface area contributed by atoms with Gasteiger partial charge in [-0.15, -0.1) is 0 Å². The van der Waals surface area contributed by atoms with E-state index in [1.54, 1.807) is 7.11 Å². The summed E-state index contributed by atoms with van der Waals surface area (Å²) >= 11 is 0. The van der Waals surface area contributed by atoms with Crippen molar-refractivity contribution in [2.45, 2.75) is 130 Å². The highest BCUT2D eigenvalue weighted by atomic mass is 28.3. The number of esters is 1. The molecular formula is C28H50O4Si. The quantitative estimate of drug-likeness (QED) is 0.0978. The predicted molar refractivity (Wildman–Crippen MR) is 142 cm³/mol. The summed E-state index contributed by atoms with van der Waals surface area (Å²) in [6.45, 7) is 12.9. The van der Waals surface area contributed by atoms with Crippen LogP contribution < -0.4 is 4.74 Å². The van der Waals surface area contributed by atoms with Gasteiger partial charge < -0.3 is 13.9 Å². The van der Waals surface area contributed by atoms with E-state index in [0.717, 1.165) is 29.7 Å². The predicted octanol–water partition coefficient (Wildman–Crippen LogP) is 8.24. The van der Waals surface area contributed by atoms with E-state index in [2.05, 4.69) is 46.9 Å². The third-order valence-corrected chi connectivity index (χ3v) is 6.72. The summed E-state index contributed by atoms with van der Waals surface area (Å²) < 4.78 is 17.5. The van der Waals surface area contributed by atoms with E-state index in [4.69, 9.17) is 13.9 Å². The molecule has 190 valence electrons. The Labute approximate surface area is 205 Å². The van der Waals surface area contributed by atoms with Crippen LogP contribution >= 0.6 is 0 Å². The Morgan fingerprint density at radius 1 is 0.909 bits per heavy atom. The lowest BCUT2D eigenvalue weighted by Crippen LogP contribution is -2.20. The molecule has 0 saturated heterocycles. The zero-order valence-electron chi connectivity index (χ0n) is 22.5. The number of unbranched alkanes of at least 4 members (excludes halogenated alkanes) is 10. The van der Waals surface area contributed by atoms with Crippen molar-refractivity contribution in [1.29, 1.82) is 0 Å². The molecule has 33 heavy (non-hydrogen) atoms. The third kappa shape index (κ3) is 12.6. The van der Waals surface area contributed by atoms with Crippen LogP contribution in [0.25, 0.3) is 0 Å². The lowest BCUT2D eigenvalue weighted by molar-refractivity contribution is -0.165. The highest BCUT2D eigenvalue weighted by Crippen LogP contribution is 2.34. The van der Waals surface area contributed by atoms with Crippen molar-refractivity contribution in [3.63, 3.8) is 0 Å². The van der Waals surface area contributed by atoms with Gasteiger partial charge in [-0.05, 0) is 36.6 Å². The van der Waals surface area contributed by atoms with E-state index in [0.29, 0.717) is 6.42 Å². The number of carbonyl (C=O) groups excluding carboxylic acids is 1. The molecule has 1 rings (SSSR count). The molecule has 0 aliphatic rings. The number of rotatable bonds is 17. The van der Waals surface area contributed by atoms with Crippen molar-refractivity contribution < 1.29 is 18.7 Å². The van der Waals surface area contributed by atoms with Gasteiger partial charge in [-0.1, -0.05) is 104 Å². The molecule has 1 atom stereocenters. The Morgan fingerprint density at radius 2 is 1.45 bits per heavy atom. The molecule has 0 aromatic heterocycles. The smallest absolute Gasteiger partial charge is 0.308 e. The largest absolute Gasteiger partial charge is 0.496 e. The standard InChI is InChI=1S/C28H50O4Si/c1-8-9-10-11-12-13-14-15-16-17-18-19-26(29)31-27(32-33(6)7)23-20-21-24(28(2,3)4)25(22-23)30-5/h20-22,27,33H,8-19H2,1-7H3. The van der Waals surface area contributed by atoms with Crippen molar-refractivity contribution >= 4 is 15.0 Å². The lowest BCUT2D eigenvalue weighted by atomic mass is 9.86. The van der Waals surface area contributed by atoms with E-state index in [1.165, 1.54) is 57.8 Å². The van der Waals surface area contributed by atoms with E-state index < -0.39 is 15.3 Å². The summed E-state index contributed by atoms with van der Waals surface area (Å²) in [4.78, 5) is 12.5. The first-order chi connectivity index (χ1) is 15.7. The van der Waals surface area contributed by atoms with Crippen LogP contribution in [0.1, 0.15) is 122 Å². The maximum absolute atomic E-state index is 12.5. The van der Waals surface area contributed by atoms with E-state index in [9.17, 15) is 4.79 Å². The fourth-order valence-corrected chi connectivity index (χ4v) is 4.71. The highest BCUT2D eigenvalue weighted by Gasteiger charge is 2.24. The Morgan fingerprint density at radius 3 is 1.94 bits per heavy atom. The van der Waals surface area contributed by atoms with Crippen molar-refractivity contribution in [2.75, 3.05) is 7.11 Å². The topological polar surface area (TPSA) is 44.8 Å². The highest BCUT2D eigenvalue weighted by molar-refractivity contribution is 6.48. The summed E-state index contributed by atoms with van der Waals surface area (Å²) in [7, 11) is 0.275. The van der Waals surface area contributed by atoms with E-state index >= 15 is 0 Å². The zero-order chi connectivity index (χ0) is 24.7. The van der Waals surface area contributed by atoms with Crippen molar-refractivity contribution in [2.24, 2.45) is 0 Å². The maximum Gasteiger partial charge on any atom is 0.308 e. The molecule has 0 saturated carbocycles. The minimum Gasteiger partial charge on any atom is -0.496 e. The first-order valence-corrected chi connectivity index (χ1v) is 16.0. The zero-order valence-corrected chi connectivity index (χ0v) is 23.7. The third-order valence-electron chi connectivity index (χ3n) is 5.92. The van der Waals surface area contributed by atoms with Gasteiger partial charge in [0.2, 0.25) is 6.29 Å². The summed E-state index contributed by atoms with van der Waals surface area (Å²) in [5.74, 6) is 0.630. The number of hydrogen-bond donors (Lipinski definition) is 0. The molecule has 0 aliphatic heterocycles. The first-order valence-electron chi connectivity index (χ1n) is 13.2. The second-order valence-electron chi connectivity index (χ2n) is 10.5. The molecule has 1 aromatic rings. The molecule has 1 unspecified atom stereocenters. The van der Waals surface area contributed by atoms with Gasteiger partial charge in [0.15, 0.2) is 9.04 Å². The van der Waals surface area contributed by atoms with E-state index in [-0.39, 0.29) is 11.4 Å². The molecule has 4 nitrogen and oxygen atoms in total. The molecule has 5 heteroatoms. The molecule has 1 aromatic carbocycles. The SMILES string of the molecule is CCCCCCCCCCCCCC(=O)OC(O[SiH](C)C)c1ccc(C(C)(C)C)c(OC)c1. The average Bonchev–Trinajstić information content (AvgIpc) is 2.75. The van der Waals surface area contributed by atoms with E-state index in [1.807, 2.05) is 12.1 Å². The summed E-state index contributed by atoms with van der Waals surface area (Å²) in [6.07, 6.45) is 13.7. The molecule has 0 aliphatic carbocycles. The summed E-state index contributed by atoms with van der Waals surface area (Å²) in [5, 5.41) is 0. The van der Waals surface area contributed by atoms with Gasteiger partial charge >= 0.3 is 5.97 Å². The van der Waals surface area contributed by atoms with Crippen LogP contribution in [0.5, 0.6) is 5.75 Å².